The summed E-state index contributed by atoms with van der Waals surface area (Å²) in [6.45, 7) is 4.99. The maximum atomic E-state index is 13.3. The molecule has 0 aliphatic rings. The molecule has 1 amide bonds. The lowest BCUT2D eigenvalue weighted by Gasteiger charge is -2.13. The summed E-state index contributed by atoms with van der Waals surface area (Å²) < 4.78 is 29.9. The van der Waals surface area contributed by atoms with E-state index in [1.54, 1.807) is 7.11 Å². The van der Waals surface area contributed by atoms with Crippen molar-refractivity contribution in [3.05, 3.63) is 82.7 Å². The molecule has 2 aromatic heterocycles. The minimum atomic E-state index is -0.711. The number of anilines is 1. The number of pyridine rings is 1. The predicted molar refractivity (Wildman–Crippen MR) is 133 cm³/mol. The number of thiazole rings is 1. The van der Waals surface area contributed by atoms with Gasteiger partial charge in [-0.3, -0.25) is 10.1 Å². The average molecular weight is 494 g/mol. The summed E-state index contributed by atoms with van der Waals surface area (Å²) in [4.78, 5) is 20.4. The van der Waals surface area contributed by atoms with Crippen molar-refractivity contribution in [2.75, 3.05) is 25.6 Å². The van der Waals surface area contributed by atoms with E-state index in [0.29, 0.717) is 29.8 Å². The molecule has 1 N–H and O–H groups in total. The van der Waals surface area contributed by atoms with Gasteiger partial charge in [0.1, 0.15) is 23.9 Å². The van der Waals surface area contributed by atoms with E-state index in [2.05, 4.69) is 15.3 Å². The molecule has 0 atom stereocenters. The van der Waals surface area contributed by atoms with Crippen LogP contribution in [0.5, 0.6) is 17.2 Å². The van der Waals surface area contributed by atoms with Crippen LogP contribution in [-0.2, 0) is 4.74 Å². The van der Waals surface area contributed by atoms with Gasteiger partial charge in [0.25, 0.3) is 5.91 Å². The summed E-state index contributed by atoms with van der Waals surface area (Å²) in [6, 6.07) is 13.8. The largest absolute Gasteiger partial charge is 0.491 e. The number of nitrogens with zero attached hydrogens (tertiary/aromatic N) is 2. The van der Waals surface area contributed by atoms with Crippen LogP contribution in [0.4, 0.5) is 9.52 Å². The maximum Gasteiger partial charge on any atom is 0.257 e. The van der Waals surface area contributed by atoms with Crippen molar-refractivity contribution in [3.63, 3.8) is 0 Å². The Morgan fingerprint density at radius 2 is 1.71 bits per heavy atom. The Bertz CT molecular complexity index is 1300. The summed E-state index contributed by atoms with van der Waals surface area (Å²) in [5.74, 6) is 0.997. The van der Waals surface area contributed by atoms with Crippen molar-refractivity contribution < 1.29 is 23.4 Å². The van der Waals surface area contributed by atoms with Gasteiger partial charge < -0.3 is 14.2 Å². The lowest BCUT2D eigenvalue weighted by molar-refractivity contribution is 0.102. The molecular weight excluding hydrogens is 469 g/mol. The number of benzene rings is 2. The fraction of sp³-hybridized carbons (Fsp3) is 0.192. The van der Waals surface area contributed by atoms with E-state index in [-0.39, 0.29) is 5.56 Å². The highest BCUT2D eigenvalue weighted by Gasteiger charge is 2.15. The van der Waals surface area contributed by atoms with Crippen LogP contribution < -0.4 is 14.8 Å². The molecular formula is C26H24FN3O4S. The Balaban J connectivity index is 1.45. The lowest BCUT2D eigenvalue weighted by Crippen LogP contribution is -2.12. The second-order valence-electron chi connectivity index (χ2n) is 7.71. The normalized spacial score (nSPS) is 10.7. The van der Waals surface area contributed by atoms with Crippen molar-refractivity contribution in [1.82, 2.24) is 9.97 Å². The number of aryl methyl sites for hydroxylation is 2. The minimum Gasteiger partial charge on any atom is -0.491 e. The number of hydrogen-bond donors (Lipinski definition) is 1. The third-order valence-electron chi connectivity index (χ3n) is 5.09. The Labute approximate surface area is 206 Å². The van der Waals surface area contributed by atoms with E-state index in [0.717, 1.165) is 34.2 Å². The van der Waals surface area contributed by atoms with E-state index in [9.17, 15) is 9.18 Å². The number of methoxy groups -OCH3 is 1. The highest BCUT2D eigenvalue weighted by atomic mass is 32.1. The predicted octanol–water partition coefficient (Wildman–Crippen LogP) is 6.03. The molecule has 35 heavy (non-hydrogen) atoms. The molecule has 0 fully saturated rings. The van der Waals surface area contributed by atoms with Crippen LogP contribution >= 0.6 is 11.3 Å². The first-order chi connectivity index (χ1) is 16.9. The minimum absolute atomic E-state index is 0.178. The van der Waals surface area contributed by atoms with Crippen LogP contribution in [-0.4, -0.2) is 36.2 Å². The molecule has 0 unspecified atom stereocenters. The fourth-order valence-electron chi connectivity index (χ4n) is 3.53. The molecule has 0 bridgehead atoms. The van der Waals surface area contributed by atoms with Gasteiger partial charge in [-0.05, 0) is 67.4 Å². The third kappa shape index (κ3) is 6.20. The number of halogens is 1. The van der Waals surface area contributed by atoms with Gasteiger partial charge in [-0.1, -0.05) is 0 Å². The molecule has 4 aromatic rings. The molecule has 9 heteroatoms. The topological polar surface area (TPSA) is 82.6 Å². The summed E-state index contributed by atoms with van der Waals surface area (Å²) in [6.07, 6.45) is 1.25. The number of hydrogen-bond acceptors (Lipinski definition) is 7. The number of carbonyl (C=O) groups excluding carboxylic acids is 1. The zero-order chi connectivity index (χ0) is 24.8. The van der Waals surface area contributed by atoms with E-state index in [1.807, 2.05) is 55.6 Å². The van der Waals surface area contributed by atoms with Crippen LogP contribution in [0.25, 0.3) is 11.3 Å². The first-order valence-electron chi connectivity index (χ1n) is 10.8. The van der Waals surface area contributed by atoms with Crippen LogP contribution in [0.3, 0.4) is 0 Å². The second-order valence-corrected chi connectivity index (χ2v) is 8.56. The van der Waals surface area contributed by atoms with Crippen LogP contribution in [0.15, 0.2) is 60.1 Å². The number of ether oxygens (including phenoxy) is 3. The summed E-state index contributed by atoms with van der Waals surface area (Å²) in [7, 11) is 1.63. The zero-order valence-corrected chi connectivity index (χ0v) is 20.3. The SMILES string of the molecule is COCCOc1ccc(Oc2cc(C)c(-c3csc(NC(=O)c4ccnc(F)c4)n3)c(C)c2)cc1. The van der Waals surface area contributed by atoms with Crippen LogP contribution in [0.1, 0.15) is 21.5 Å². The average Bonchev–Trinajstić information content (AvgIpc) is 3.27. The van der Waals surface area contributed by atoms with Crippen LogP contribution in [0, 0.1) is 19.8 Å². The Hall–Kier alpha value is -3.82. The fourth-order valence-corrected chi connectivity index (χ4v) is 4.23. The van der Waals surface area contributed by atoms with Gasteiger partial charge in [0.2, 0.25) is 5.95 Å². The van der Waals surface area contributed by atoms with E-state index in [4.69, 9.17) is 14.2 Å². The second kappa shape index (κ2) is 11.1. The molecule has 180 valence electrons. The summed E-state index contributed by atoms with van der Waals surface area (Å²) in [5.41, 5.74) is 3.85. The van der Waals surface area contributed by atoms with Crippen molar-refractivity contribution >= 4 is 22.4 Å². The highest BCUT2D eigenvalue weighted by Crippen LogP contribution is 2.34. The van der Waals surface area contributed by atoms with Crippen molar-refractivity contribution in [2.45, 2.75) is 13.8 Å². The molecule has 2 aromatic carbocycles. The van der Waals surface area contributed by atoms with Crippen molar-refractivity contribution in [2.24, 2.45) is 0 Å². The molecule has 0 aliphatic heterocycles. The van der Waals surface area contributed by atoms with Crippen molar-refractivity contribution in [3.8, 4) is 28.5 Å². The number of aromatic nitrogens is 2. The lowest BCUT2D eigenvalue weighted by atomic mass is 10.0. The quantitative estimate of drug-likeness (QED) is 0.226. The smallest absolute Gasteiger partial charge is 0.257 e. The van der Waals surface area contributed by atoms with E-state index in [1.165, 1.54) is 23.6 Å². The molecule has 0 spiro atoms. The maximum absolute atomic E-state index is 13.3. The zero-order valence-electron chi connectivity index (χ0n) is 19.5. The highest BCUT2D eigenvalue weighted by molar-refractivity contribution is 7.14. The number of carbonyl (C=O) groups is 1. The van der Waals surface area contributed by atoms with Gasteiger partial charge in [-0.2, -0.15) is 4.39 Å². The standard InChI is InChI=1S/C26H24FN3O4S/c1-16-12-21(34-20-6-4-19(5-7-20)33-11-10-32-3)13-17(2)24(16)22-15-35-26(29-22)30-25(31)18-8-9-28-23(27)14-18/h4-9,12-15H,10-11H2,1-3H3,(H,29,30,31). The first-order valence-corrected chi connectivity index (χ1v) is 11.7. The molecule has 0 saturated heterocycles. The molecule has 4 rings (SSSR count). The molecule has 2 heterocycles. The Morgan fingerprint density at radius 3 is 2.40 bits per heavy atom. The monoisotopic (exact) mass is 493 g/mol. The van der Waals surface area contributed by atoms with Gasteiger partial charge in [0, 0.05) is 35.9 Å². The van der Waals surface area contributed by atoms with Crippen LogP contribution in [0.2, 0.25) is 0 Å². The molecule has 0 aliphatic carbocycles. The summed E-state index contributed by atoms with van der Waals surface area (Å²) in [5, 5.41) is 5.01. The van der Waals surface area contributed by atoms with E-state index < -0.39 is 11.9 Å². The van der Waals surface area contributed by atoms with Gasteiger partial charge in [-0.25, -0.2) is 9.97 Å². The van der Waals surface area contributed by atoms with E-state index >= 15 is 0 Å². The van der Waals surface area contributed by atoms with Crippen molar-refractivity contribution in [1.29, 1.82) is 0 Å². The summed E-state index contributed by atoms with van der Waals surface area (Å²) >= 11 is 1.30. The molecule has 0 saturated carbocycles. The third-order valence-corrected chi connectivity index (χ3v) is 5.85. The number of rotatable bonds is 9. The Kier molecular flexibility index (Phi) is 7.69. The molecule has 7 nitrogen and oxygen atoms in total. The number of amides is 1. The number of nitrogens with one attached hydrogen (secondary N) is 1. The van der Waals surface area contributed by atoms with Gasteiger partial charge in [-0.15, -0.1) is 11.3 Å². The van der Waals surface area contributed by atoms with Gasteiger partial charge in [0.05, 0.1) is 12.3 Å². The Morgan fingerprint density at radius 1 is 1.00 bits per heavy atom. The molecule has 0 radical (unpaired) electrons. The first kappa shape index (κ1) is 24.3. The van der Waals surface area contributed by atoms with Gasteiger partial charge in [0.15, 0.2) is 5.13 Å². The van der Waals surface area contributed by atoms with Gasteiger partial charge >= 0.3 is 0 Å².